The third kappa shape index (κ3) is 12.8. The Bertz CT molecular complexity index is 220. The van der Waals surface area contributed by atoms with E-state index in [4.69, 9.17) is 5.11 Å². The minimum atomic E-state index is -0.735. The van der Waals surface area contributed by atoms with Crippen molar-refractivity contribution in [2.45, 2.75) is 45.4 Å². The number of unbranched alkanes of at least 4 members (excludes halogenated alkanes) is 3. The molecule has 3 N–H and O–H groups in total. The third-order valence-electron chi connectivity index (χ3n) is 2.42. The van der Waals surface area contributed by atoms with Crippen LogP contribution in [-0.2, 0) is 9.59 Å². The van der Waals surface area contributed by atoms with Gasteiger partial charge in [0, 0.05) is 25.9 Å². The summed E-state index contributed by atoms with van der Waals surface area (Å²) >= 11 is 0. The van der Waals surface area contributed by atoms with Gasteiger partial charge in [-0.25, -0.2) is 0 Å². The Balaban J connectivity index is 3.16. The molecule has 0 saturated heterocycles. The lowest BCUT2D eigenvalue weighted by molar-refractivity contribution is -0.137. The fourth-order valence-electron chi connectivity index (χ4n) is 1.45. The van der Waals surface area contributed by atoms with Crippen LogP contribution in [0.25, 0.3) is 0 Å². The summed E-state index contributed by atoms with van der Waals surface area (Å²) in [6, 6.07) is 0. The lowest BCUT2D eigenvalue weighted by Crippen LogP contribution is -2.28. The van der Waals surface area contributed by atoms with Gasteiger partial charge in [0.05, 0.1) is 0 Å². The maximum absolute atomic E-state index is 11.3. The van der Waals surface area contributed by atoms with Crippen LogP contribution in [0.3, 0.4) is 0 Å². The lowest BCUT2D eigenvalue weighted by atomic mass is 10.1. The molecule has 1 amide bonds. The predicted octanol–water partition coefficient (Wildman–Crippen LogP) is 1.14. The lowest BCUT2D eigenvalue weighted by Gasteiger charge is -2.05. The molecule has 0 aromatic heterocycles. The van der Waals surface area contributed by atoms with E-state index in [0.717, 1.165) is 38.8 Å². The molecule has 0 atom stereocenters. The topological polar surface area (TPSA) is 78.4 Å². The molecule has 0 spiro atoms. The largest absolute Gasteiger partial charge is 0.481 e. The summed E-state index contributed by atoms with van der Waals surface area (Å²) < 4.78 is 0. The second kappa shape index (κ2) is 11.4. The molecule has 0 aliphatic rings. The molecular formula is C12H24N2O3. The fourth-order valence-corrected chi connectivity index (χ4v) is 1.45. The Morgan fingerprint density at radius 3 is 2.35 bits per heavy atom. The molecule has 0 saturated carbocycles. The van der Waals surface area contributed by atoms with Crippen LogP contribution < -0.4 is 10.6 Å². The molecule has 100 valence electrons. The molecule has 0 aromatic carbocycles. The van der Waals surface area contributed by atoms with Crippen LogP contribution in [0.15, 0.2) is 0 Å². The highest BCUT2D eigenvalue weighted by molar-refractivity contribution is 5.75. The first-order valence-electron chi connectivity index (χ1n) is 6.36. The van der Waals surface area contributed by atoms with E-state index < -0.39 is 5.97 Å². The van der Waals surface area contributed by atoms with Crippen LogP contribution in [0, 0.1) is 0 Å². The Morgan fingerprint density at radius 1 is 1.00 bits per heavy atom. The number of carbonyl (C=O) groups is 2. The van der Waals surface area contributed by atoms with Gasteiger partial charge in [-0.05, 0) is 19.4 Å². The first kappa shape index (κ1) is 15.9. The SMILES string of the molecule is CCNCCC(=O)NCCCCCCC(=O)O. The molecule has 0 unspecified atom stereocenters. The Hall–Kier alpha value is -1.10. The van der Waals surface area contributed by atoms with Gasteiger partial charge < -0.3 is 15.7 Å². The molecule has 0 aromatic rings. The quantitative estimate of drug-likeness (QED) is 0.476. The van der Waals surface area contributed by atoms with E-state index in [-0.39, 0.29) is 12.3 Å². The Labute approximate surface area is 103 Å². The molecule has 0 heterocycles. The minimum Gasteiger partial charge on any atom is -0.481 e. The number of hydrogen-bond acceptors (Lipinski definition) is 3. The summed E-state index contributed by atoms with van der Waals surface area (Å²) in [5.41, 5.74) is 0. The highest BCUT2D eigenvalue weighted by atomic mass is 16.4. The van der Waals surface area contributed by atoms with Crippen LogP contribution >= 0.6 is 0 Å². The van der Waals surface area contributed by atoms with Gasteiger partial charge in [-0.2, -0.15) is 0 Å². The zero-order chi connectivity index (χ0) is 12.9. The number of nitrogens with one attached hydrogen (secondary N) is 2. The van der Waals surface area contributed by atoms with Gasteiger partial charge in [-0.1, -0.05) is 19.8 Å². The van der Waals surface area contributed by atoms with Crippen molar-refractivity contribution < 1.29 is 14.7 Å². The van der Waals surface area contributed by atoms with Crippen molar-refractivity contribution >= 4 is 11.9 Å². The number of carboxylic acid groups (broad SMARTS) is 1. The van der Waals surface area contributed by atoms with Crippen molar-refractivity contribution in [3.63, 3.8) is 0 Å². The van der Waals surface area contributed by atoms with Gasteiger partial charge in [0.1, 0.15) is 0 Å². The van der Waals surface area contributed by atoms with Crippen LogP contribution in [0.4, 0.5) is 0 Å². The second-order valence-electron chi connectivity index (χ2n) is 4.01. The Kier molecular flexibility index (Phi) is 10.7. The first-order valence-corrected chi connectivity index (χ1v) is 6.36. The molecule has 0 aliphatic heterocycles. The van der Waals surface area contributed by atoms with Gasteiger partial charge in [-0.3, -0.25) is 9.59 Å². The normalized spacial score (nSPS) is 10.2. The predicted molar refractivity (Wildman–Crippen MR) is 66.9 cm³/mol. The number of amides is 1. The van der Waals surface area contributed by atoms with Crippen molar-refractivity contribution in [3.05, 3.63) is 0 Å². The summed E-state index contributed by atoms with van der Waals surface area (Å²) in [6.07, 6.45) is 4.30. The molecule has 5 nitrogen and oxygen atoms in total. The monoisotopic (exact) mass is 244 g/mol. The average molecular weight is 244 g/mol. The molecular weight excluding hydrogens is 220 g/mol. The molecule has 5 heteroatoms. The third-order valence-corrected chi connectivity index (χ3v) is 2.42. The number of aliphatic carboxylic acids is 1. The van der Waals surface area contributed by atoms with Crippen LogP contribution in [0.2, 0.25) is 0 Å². The first-order chi connectivity index (χ1) is 8.16. The molecule has 0 fully saturated rings. The van der Waals surface area contributed by atoms with E-state index in [1.807, 2.05) is 6.92 Å². The van der Waals surface area contributed by atoms with E-state index in [9.17, 15) is 9.59 Å². The summed E-state index contributed by atoms with van der Waals surface area (Å²) in [6.45, 7) is 4.31. The zero-order valence-corrected chi connectivity index (χ0v) is 10.6. The maximum atomic E-state index is 11.3. The van der Waals surface area contributed by atoms with Gasteiger partial charge >= 0.3 is 5.97 Å². The Morgan fingerprint density at radius 2 is 1.71 bits per heavy atom. The van der Waals surface area contributed by atoms with E-state index in [1.165, 1.54) is 0 Å². The van der Waals surface area contributed by atoms with Gasteiger partial charge in [-0.15, -0.1) is 0 Å². The van der Waals surface area contributed by atoms with Crippen molar-refractivity contribution in [2.24, 2.45) is 0 Å². The average Bonchev–Trinajstić information content (AvgIpc) is 2.28. The zero-order valence-electron chi connectivity index (χ0n) is 10.6. The van der Waals surface area contributed by atoms with Crippen molar-refractivity contribution in [1.29, 1.82) is 0 Å². The van der Waals surface area contributed by atoms with Crippen molar-refractivity contribution in [3.8, 4) is 0 Å². The summed E-state index contributed by atoms with van der Waals surface area (Å²) in [7, 11) is 0. The summed E-state index contributed by atoms with van der Waals surface area (Å²) in [5.74, 6) is -0.654. The highest BCUT2D eigenvalue weighted by Crippen LogP contribution is 2.02. The maximum Gasteiger partial charge on any atom is 0.303 e. The van der Waals surface area contributed by atoms with E-state index >= 15 is 0 Å². The number of carboxylic acids is 1. The van der Waals surface area contributed by atoms with Crippen molar-refractivity contribution in [2.75, 3.05) is 19.6 Å². The second-order valence-corrected chi connectivity index (χ2v) is 4.01. The smallest absolute Gasteiger partial charge is 0.303 e. The van der Waals surface area contributed by atoms with Gasteiger partial charge in [0.2, 0.25) is 5.91 Å². The van der Waals surface area contributed by atoms with Crippen LogP contribution in [0.1, 0.15) is 45.4 Å². The fraction of sp³-hybridized carbons (Fsp3) is 0.833. The highest BCUT2D eigenvalue weighted by Gasteiger charge is 2.00. The van der Waals surface area contributed by atoms with Gasteiger partial charge in [0.15, 0.2) is 0 Å². The number of hydrogen-bond donors (Lipinski definition) is 3. The van der Waals surface area contributed by atoms with Crippen molar-refractivity contribution in [1.82, 2.24) is 10.6 Å². The van der Waals surface area contributed by atoms with E-state index in [0.29, 0.717) is 13.0 Å². The number of rotatable bonds is 11. The molecule has 17 heavy (non-hydrogen) atoms. The molecule has 0 aliphatic carbocycles. The summed E-state index contributed by atoms with van der Waals surface area (Å²) in [5, 5.41) is 14.4. The molecule has 0 rings (SSSR count). The molecule has 0 radical (unpaired) electrons. The van der Waals surface area contributed by atoms with Gasteiger partial charge in [0.25, 0.3) is 0 Å². The number of carbonyl (C=O) groups excluding carboxylic acids is 1. The van der Waals surface area contributed by atoms with Crippen LogP contribution in [0.5, 0.6) is 0 Å². The van der Waals surface area contributed by atoms with Crippen LogP contribution in [-0.4, -0.2) is 36.6 Å². The molecule has 0 bridgehead atoms. The minimum absolute atomic E-state index is 0.0801. The standard InChI is InChI=1S/C12H24N2O3/c1-2-13-10-8-11(15)14-9-6-4-3-5-7-12(16)17/h13H,2-10H2,1H3,(H,14,15)(H,16,17). The van der Waals surface area contributed by atoms with E-state index in [2.05, 4.69) is 10.6 Å². The summed E-state index contributed by atoms with van der Waals surface area (Å²) in [4.78, 5) is 21.5. The van der Waals surface area contributed by atoms with E-state index in [1.54, 1.807) is 0 Å².